The molecule has 1 heterocycles. The van der Waals surface area contributed by atoms with Gasteiger partial charge in [-0.3, -0.25) is 4.79 Å². The van der Waals surface area contributed by atoms with Gasteiger partial charge in [0.05, 0.1) is 11.4 Å². The lowest BCUT2D eigenvalue weighted by atomic mass is 9.98. The van der Waals surface area contributed by atoms with Gasteiger partial charge in [-0.15, -0.1) is 0 Å². The lowest BCUT2D eigenvalue weighted by Gasteiger charge is -2.33. The molecule has 0 bridgehead atoms. The molecule has 0 aliphatic carbocycles. The molecule has 24 heavy (non-hydrogen) atoms. The van der Waals surface area contributed by atoms with E-state index >= 15 is 0 Å². The molecule has 0 radical (unpaired) electrons. The van der Waals surface area contributed by atoms with Gasteiger partial charge in [-0.25, -0.2) is 0 Å². The van der Waals surface area contributed by atoms with Crippen LogP contribution in [0.2, 0.25) is 0 Å². The first-order chi connectivity index (χ1) is 11.5. The number of nitrogen functional groups attached to an aromatic ring is 1. The van der Waals surface area contributed by atoms with Crippen LogP contribution in [0.25, 0.3) is 0 Å². The van der Waals surface area contributed by atoms with Gasteiger partial charge in [-0.2, -0.15) is 0 Å². The molecule has 0 spiro atoms. The Labute approximate surface area is 143 Å². The molecule has 1 aliphatic rings. The van der Waals surface area contributed by atoms with E-state index in [0.29, 0.717) is 11.3 Å². The van der Waals surface area contributed by atoms with Crippen LogP contribution in [-0.4, -0.2) is 19.0 Å². The molecule has 1 fully saturated rings. The highest BCUT2D eigenvalue weighted by Crippen LogP contribution is 2.30. The molecule has 4 nitrogen and oxygen atoms in total. The van der Waals surface area contributed by atoms with Crippen LogP contribution in [0.1, 0.15) is 35.7 Å². The van der Waals surface area contributed by atoms with Crippen molar-refractivity contribution in [2.24, 2.45) is 5.92 Å². The molecule has 126 valence electrons. The third kappa shape index (κ3) is 3.53. The van der Waals surface area contributed by atoms with Crippen molar-refractivity contribution in [3.05, 3.63) is 53.6 Å². The molecule has 3 rings (SSSR count). The van der Waals surface area contributed by atoms with Crippen LogP contribution in [0, 0.1) is 12.8 Å². The Kier molecular flexibility index (Phi) is 4.74. The van der Waals surface area contributed by atoms with Crippen LogP contribution in [0.3, 0.4) is 0 Å². The van der Waals surface area contributed by atoms with Crippen LogP contribution >= 0.6 is 0 Å². The maximum atomic E-state index is 12.4. The van der Waals surface area contributed by atoms with Crippen LogP contribution in [0.4, 0.5) is 17.1 Å². The number of amides is 1. The van der Waals surface area contributed by atoms with E-state index in [9.17, 15) is 4.79 Å². The first-order valence-corrected chi connectivity index (χ1v) is 8.56. The van der Waals surface area contributed by atoms with Gasteiger partial charge in [-0.05, 0) is 55.5 Å². The Morgan fingerprint density at radius 1 is 1.17 bits per heavy atom. The molecule has 1 amide bonds. The summed E-state index contributed by atoms with van der Waals surface area (Å²) in [6, 6.07) is 13.4. The molecule has 0 aromatic heterocycles. The molecule has 0 saturated carbocycles. The monoisotopic (exact) mass is 323 g/mol. The number of hydrogen-bond acceptors (Lipinski definition) is 3. The van der Waals surface area contributed by atoms with Gasteiger partial charge in [0.25, 0.3) is 5.91 Å². The molecule has 1 saturated heterocycles. The number of nitrogens with two attached hydrogens (primary N) is 1. The number of benzene rings is 2. The molecule has 2 aromatic carbocycles. The zero-order valence-corrected chi connectivity index (χ0v) is 14.4. The summed E-state index contributed by atoms with van der Waals surface area (Å²) in [4.78, 5) is 14.7. The van der Waals surface area contributed by atoms with Crippen molar-refractivity contribution in [3.63, 3.8) is 0 Å². The third-order valence-electron chi connectivity index (χ3n) is 4.80. The normalized spacial score (nSPS) is 15.3. The van der Waals surface area contributed by atoms with Crippen LogP contribution < -0.4 is 16.0 Å². The number of carbonyl (C=O) groups excluding carboxylic acids is 1. The van der Waals surface area contributed by atoms with Crippen molar-refractivity contribution in [1.29, 1.82) is 0 Å². The number of aryl methyl sites for hydroxylation is 1. The van der Waals surface area contributed by atoms with Gasteiger partial charge in [0.15, 0.2) is 0 Å². The Hall–Kier alpha value is -2.49. The van der Waals surface area contributed by atoms with E-state index in [-0.39, 0.29) is 5.91 Å². The SMILES string of the molecule is Cc1ccccc1C(=O)Nc1ccc(N2CCC(C)CC2)c(N)c1. The van der Waals surface area contributed by atoms with E-state index in [1.165, 1.54) is 12.8 Å². The van der Waals surface area contributed by atoms with E-state index in [1.54, 1.807) is 0 Å². The minimum absolute atomic E-state index is 0.105. The largest absolute Gasteiger partial charge is 0.397 e. The Bertz CT molecular complexity index is 733. The Morgan fingerprint density at radius 2 is 1.88 bits per heavy atom. The maximum absolute atomic E-state index is 12.4. The first-order valence-electron chi connectivity index (χ1n) is 8.56. The van der Waals surface area contributed by atoms with E-state index in [2.05, 4.69) is 17.1 Å². The Morgan fingerprint density at radius 3 is 2.54 bits per heavy atom. The van der Waals surface area contributed by atoms with E-state index in [4.69, 9.17) is 5.73 Å². The summed E-state index contributed by atoms with van der Waals surface area (Å²) in [6.07, 6.45) is 2.40. The summed E-state index contributed by atoms with van der Waals surface area (Å²) in [5, 5.41) is 2.94. The summed E-state index contributed by atoms with van der Waals surface area (Å²) in [5.74, 6) is 0.683. The predicted molar refractivity (Wildman–Crippen MR) is 101 cm³/mol. The van der Waals surface area contributed by atoms with Crippen molar-refractivity contribution in [3.8, 4) is 0 Å². The molecule has 4 heteroatoms. The number of nitrogens with zero attached hydrogens (tertiary/aromatic N) is 1. The second-order valence-electron chi connectivity index (χ2n) is 6.71. The number of hydrogen-bond donors (Lipinski definition) is 2. The summed E-state index contributed by atoms with van der Waals surface area (Å²) in [6.45, 7) is 6.31. The molecule has 0 unspecified atom stereocenters. The number of nitrogens with one attached hydrogen (secondary N) is 1. The van der Waals surface area contributed by atoms with E-state index in [1.807, 2.05) is 49.4 Å². The van der Waals surface area contributed by atoms with Crippen molar-refractivity contribution in [1.82, 2.24) is 0 Å². The number of piperidine rings is 1. The average molecular weight is 323 g/mol. The Balaban J connectivity index is 1.73. The summed E-state index contributed by atoms with van der Waals surface area (Å²) < 4.78 is 0. The predicted octanol–water partition coefficient (Wildman–Crippen LogP) is 4.07. The highest BCUT2D eigenvalue weighted by molar-refractivity contribution is 6.05. The van der Waals surface area contributed by atoms with Gasteiger partial charge in [0.1, 0.15) is 0 Å². The second kappa shape index (κ2) is 6.95. The van der Waals surface area contributed by atoms with Crippen molar-refractivity contribution < 1.29 is 4.79 Å². The quantitative estimate of drug-likeness (QED) is 0.837. The first kappa shape index (κ1) is 16.4. The molecule has 3 N–H and O–H groups in total. The molecular weight excluding hydrogens is 298 g/mol. The van der Waals surface area contributed by atoms with E-state index < -0.39 is 0 Å². The molecule has 1 aliphatic heterocycles. The fourth-order valence-corrected chi connectivity index (χ4v) is 3.20. The smallest absolute Gasteiger partial charge is 0.255 e. The number of anilines is 3. The molecule has 0 atom stereocenters. The highest BCUT2D eigenvalue weighted by Gasteiger charge is 2.18. The van der Waals surface area contributed by atoms with Crippen LogP contribution in [-0.2, 0) is 0 Å². The van der Waals surface area contributed by atoms with Crippen molar-refractivity contribution >= 4 is 23.0 Å². The minimum Gasteiger partial charge on any atom is -0.397 e. The average Bonchev–Trinajstić information content (AvgIpc) is 2.56. The second-order valence-corrected chi connectivity index (χ2v) is 6.71. The molecular formula is C20H25N3O. The third-order valence-corrected chi connectivity index (χ3v) is 4.80. The lowest BCUT2D eigenvalue weighted by molar-refractivity contribution is 0.102. The zero-order valence-electron chi connectivity index (χ0n) is 14.4. The van der Waals surface area contributed by atoms with Crippen LogP contribution in [0.15, 0.2) is 42.5 Å². The zero-order chi connectivity index (χ0) is 17.1. The van der Waals surface area contributed by atoms with Gasteiger partial charge in [-0.1, -0.05) is 25.1 Å². The fraction of sp³-hybridized carbons (Fsp3) is 0.350. The van der Waals surface area contributed by atoms with Crippen molar-refractivity contribution in [2.45, 2.75) is 26.7 Å². The topological polar surface area (TPSA) is 58.4 Å². The summed E-state index contributed by atoms with van der Waals surface area (Å²) >= 11 is 0. The molecule has 2 aromatic rings. The van der Waals surface area contributed by atoms with Gasteiger partial charge in [0.2, 0.25) is 0 Å². The minimum atomic E-state index is -0.105. The van der Waals surface area contributed by atoms with Gasteiger partial charge >= 0.3 is 0 Å². The van der Waals surface area contributed by atoms with Gasteiger partial charge in [0, 0.05) is 24.3 Å². The van der Waals surface area contributed by atoms with Crippen molar-refractivity contribution in [2.75, 3.05) is 29.0 Å². The number of carbonyl (C=O) groups is 1. The standard InChI is InChI=1S/C20H25N3O/c1-14-9-11-23(12-10-14)19-8-7-16(13-18(19)21)22-20(24)17-6-4-3-5-15(17)2/h3-8,13-14H,9-12,21H2,1-2H3,(H,22,24). The lowest BCUT2D eigenvalue weighted by Crippen LogP contribution is -2.33. The van der Waals surface area contributed by atoms with E-state index in [0.717, 1.165) is 35.9 Å². The van der Waals surface area contributed by atoms with Gasteiger partial charge < -0.3 is 16.0 Å². The summed E-state index contributed by atoms with van der Waals surface area (Å²) in [5.41, 5.74) is 10.4. The fourth-order valence-electron chi connectivity index (χ4n) is 3.20. The summed E-state index contributed by atoms with van der Waals surface area (Å²) in [7, 11) is 0. The van der Waals surface area contributed by atoms with Crippen LogP contribution in [0.5, 0.6) is 0 Å². The maximum Gasteiger partial charge on any atom is 0.255 e. The number of rotatable bonds is 3. The highest BCUT2D eigenvalue weighted by atomic mass is 16.1.